The number of hydrogen-bond donors (Lipinski definition) is 3. The van der Waals surface area contributed by atoms with Gasteiger partial charge in [0, 0.05) is 11.9 Å². The van der Waals surface area contributed by atoms with Crippen LogP contribution in [0.25, 0.3) is 0 Å². The van der Waals surface area contributed by atoms with Crippen molar-refractivity contribution in [3.05, 3.63) is 47.0 Å². The van der Waals surface area contributed by atoms with Crippen LogP contribution in [0.15, 0.2) is 35.7 Å². The molecule has 3 N–H and O–H groups in total. The Morgan fingerprint density at radius 3 is 2.64 bits per heavy atom. The van der Waals surface area contributed by atoms with Crippen LogP contribution in [0.1, 0.15) is 23.0 Å². The van der Waals surface area contributed by atoms with Crippen molar-refractivity contribution in [2.45, 2.75) is 13.5 Å². The molecule has 0 saturated heterocycles. The van der Waals surface area contributed by atoms with Crippen molar-refractivity contribution in [2.24, 2.45) is 0 Å². The highest BCUT2D eigenvalue weighted by molar-refractivity contribution is 7.14. The number of amides is 3. The standard InChI is InChI=1S/C16H18N4O4S/c1-2-24-13(21)9-17-14(22)12-10-25-16(19-12)20-15(23)18-8-11-6-4-3-5-7-11/h3-7,10H,2,8-9H2,1H3,(H,17,22)(H2,18,19,20,23). The molecular weight excluding hydrogens is 344 g/mol. The summed E-state index contributed by atoms with van der Waals surface area (Å²) in [6.07, 6.45) is 0. The van der Waals surface area contributed by atoms with Crippen LogP contribution in [0.2, 0.25) is 0 Å². The Balaban J connectivity index is 1.79. The van der Waals surface area contributed by atoms with E-state index in [1.165, 1.54) is 5.38 Å². The smallest absolute Gasteiger partial charge is 0.325 e. The molecular formula is C16H18N4O4S. The van der Waals surface area contributed by atoms with Gasteiger partial charge in [-0.25, -0.2) is 9.78 Å². The highest BCUT2D eigenvalue weighted by atomic mass is 32.1. The summed E-state index contributed by atoms with van der Waals surface area (Å²) in [5.41, 5.74) is 1.09. The van der Waals surface area contributed by atoms with E-state index in [-0.39, 0.29) is 24.0 Å². The van der Waals surface area contributed by atoms with E-state index in [1.54, 1.807) is 6.92 Å². The lowest BCUT2D eigenvalue weighted by molar-refractivity contribution is -0.141. The average Bonchev–Trinajstić information content (AvgIpc) is 3.07. The summed E-state index contributed by atoms with van der Waals surface area (Å²) >= 11 is 1.11. The Bertz CT molecular complexity index is 733. The van der Waals surface area contributed by atoms with E-state index >= 15 is 0 Å². The van der Waals surface area contributed by atoms with Crippen LogP contribution in [0.4, 0.5) is 9.93 Å². The molecule has 2 aromatic rings. The number of ether oxygens (including phenoxy) is 1. The van der Waals surface area contributed by atoms with Crippen molar-refractivity contribution < 1.29 is 19.1 Å². The van der Waals surface area contributed by atoms with Crippen molar-refractivity contribution in [3.8, 4) is 0 Å². The molecule has 0 aliphatic rings. The number of esters is 1. The number of benzene rings is 1. The molecule has 3 amide bonds. The summed E-state index contributed by atoms with van der Waals surface area (Å²) in [6.45, 7) is 2.08. The summed E-state index contributed by atoms with van der Waals surface area (Å²) in [7, 11) is 0. The predicted octanol–water partition coefficient (Wildman–Crippen LogP) is 1.76. The molecule has 0 bridgehead atoms. The molecule has 1 heterocycles. The molecule has 0 unspecified atom stereocenters. The van der Waals surface area contributed by atoms with Crippen molar-refractivity contribution in [1.29, 1.82) is 0 Å². The molecule has 8 nitrogen and oxygen atoms in total. The predicted molar refractivity (Wildman–Crippen MR) is 93.4 cm³/mol. The number of anilines is 1. The van der Waals surface area contributed by atoms with Gasteiger partial charge < -0.3 is 15.4 Å². The largest absolute Gasteiger partial charge is 0.465 e. The lowest BCUT2D eigenvalue weighted by atomic mass is 10.2. The summed E-state index contributed by atoms with van der Waals surface area (Å²) in [6, 6.07) is 9.05. The summed E-state index contributed by atoms with van der Waals surface area (Å²) in [4.78, 5) is 38.9. The van der Waals surface area contributed by atoms with Crippen LogP contribution in [-0.4, -0.2) is 36.0 Å². The third-order valence-corrected chi connectivity index (χ3v) is 3.71. The second kappa shape index (κ2) is 9.38. The number of aromatic nitrogens is 1. The lowest BCUT2D eigenvalue weighted by Crippen LogP contribution is -2.31. The van der Waals surface area contributed by atoms with Crippen LogP contribution in [-0.2, 0) is 16.1 Å². The Morgan fingerprint density at radius 2 is 1.92 bits per heavy atom. The van der Waals surface area contributed by atoms with E-state index in [9.17, 15) is 14.4 Å². The highest BCUT2D eigenvalue weighted by Crippen LogP contribution is 2.15. The second-order valence-corrected chi connectivity index (χ2v) is 5.68. The zero-order chi connectivity index (χ0) is 18.1. The molecule has 1 aromatic carbocycles. The number of hydrogen-bond acceptors (Lipinski definition) is 6. The number of nitrogens with one attached hydrogen (secondary N) is 3. The number of carbonyl (C=O) groups is 3. The van der Waals surface area contributed by atoms with Crippen molar-refractivity contribution in [1.82, 2.24) is 15.6 Å². The van der Waals surface area contributed by atoms with Gasteiger partial charge in [0.25, 0.3) is 5.91 Å². The molecule has 0 aliphatic heterocycles. The first kappa shape index (κ1) is 18.4. The van der Waals surface area contributed by atoms with Gasteiger partial charge in [-0.3, -0.25) is 14.9 Å². The topological polar surface area (TPSA) is 109 Å². The Morgan fingerprint density at radius 1 is 1.16 bits per heavy atom. The first-order chi connectivity index (χ1) is 12.1. The molecule has 0 radical (unpaired) electrons. The fourth-order valence-electron chi connectivity index (χ4n) is 1.81. The van der Waals surface area contributed by atoms with Crippen molar-refractivity contribution >= 4 is 34.4 Å². The van der Waals surface area contributed by atoms with E-state index in [0.29, 0.717) is 6.54 Å². The van der Waals surface area contributed by atoms with Gasteiger partial charge in [-0.2, -0.15) is 0 Å². The minimum atomic E-state index is -0.523. The van der Waals surface area contributed by atoms with Crippen LogP contribution in [0.5, 0.6) is 0 Å². The Kier molecular flexibility index (Phi) is 6.90. The molecule has 0 spiro atoms. The number of rotatable bonds is 7. The molecule has 0 fully saturated rings. The second-order valence-electron chi connectivity index (χ2n) is 4.82. The van der Waals surface area contributed by atoms with E-state index < -0.39 is 17.9 Å². The van der Waals surface area contributed by atoms with Gasteiger partial charge >= 0.3 is 12.0 Å². The van der Waals surface area contributed by atoms with Gasteiger partial charge in [-0.05, 0) is 12.5 Å². The Hall–Kier alpha value is -2.94. The number of nitrogens with zero attached hydrogens (tertiary/aromatic N) is 1. The fourth-order valence-corrected chi connectivity index (χ4v) is 2.50. The number of carbonyl (C=O) groups excluding carboxylic acids is 3. The molecule has 132 valence electrons. The normalized spacial score (nSPS) is 9.96. The third kappa shape index (κ3) is 6.22. The monoisotopic (exact) mass is 362 g/mol. The van der Waals surface area contributed by atoms with Crippen LogP contribution in [0.3, 0.4) is 0 Å². The molecule has 0 saturated carbocycles. The van der Waals surface area contributed by atoms with Crippen molar-refractivity contribution in [3.63, 3.8) is 0 Å². The van der Waals surface area contributed by atoms with Crippen LogP contribution >= 0.6 is 11.3 Å². The van der Waals surface area contributed by atoms with Crippen LogP contribution < -0.4 is 16.0 Å². The van der Waals surface area contributed by atoms with E-state index in [1.807, 2.05) is 30.3 Å². The molecule has 25 heavy (non-hydrogen) atoms. The van der Waals surface area contributed by atoms with Gasteiger partial charge in [-0.15, -0.1) is 11.3 Å². The summed E-state index contributed by atoms with van der Waals surface area (Å²) in [5, 5.41) is 9.43. The third-order valence-electron chi connectivity index (χ3n) is 2.95. The maximum absolute atomic E-state index is 11.9. The molecule has 0 atom stereocenters. The maximum Gasteiger partial charge on any atom is 0.325 e. The molecule has 2 rings (SSSR count). The minimum absolute atomic E-state index is 0.118. The first-order valence-electron chi connectivity index (χ1n) is 7.56. The van der Waals surface area contributed by atoms with Crippen LogP contribution in [0, 0.1) is 0 Å². The zero-order valence-electron chi connectivity index (χ0n) is 13.6. The quantitative estimate of drug-likeness (QED) is 0.650. The minimum Gasteiger partial charge on any atom is -0.465 e. The first-order valence-corrected chi connectivity index (χ1v) is 8.44. The van der Waals surface area contributed by atoms with E-state index in [4.69, 9.17) is 4.74 Å². The van der Waals surface area contributed by atoms with Gasteiger partial charge in [0.05, 0.1) is 6.61 Å². The van der Waals surface area contributed by atoms with E-state index in [2.05, 4.69) is 20.9 Å². The lowest BCUT2D eigenvalue weighted by Gasteiger charge is -2.05. The fraction of sp³-hybridized carbons (Fsp3) is 0.250. The molecule has 1 aromatic heterocycles. The van der Waals surface area contributed by atoms with E-state index in [0.717, 1.165) is 16.9 Å². The summed E-state index contributed by atoms with van der Waals surface area (Å²) in [5.74, 6) is -1.04. The van der Waals surface area contributed by atoms with Gasteiger partial charge in [0.15, 0.2) is 5.13 Å². The summed E-state index contributed by atoms with van der Waals surface area (Å²) < 4.78 is 4.71. The molecule has 0 aliphatic carbocycles. The average molecular weight is 362 g/mol. The van der Waals surface area contributed by atoms with Crippen molar-refractivity contribution in [2.75, 3.05) is 18.5 Å². The van der Waals surface area contributed by atoms with Gasteiger partial charge in [0.1, 0.15) is 12.2 Å². The molecule has 9 heteroatoms. The van der Waals surface area contributed by atoms with Gasteiger partial charge in [-0.1, -0.05) is 30.3 Å². The Labute approximate surface area is 148 Å². The number of thiazole rings is 1. The maximum atomic E-state index is 11.9. The highest BCUT2D eigenvalue weighted by Gasteiger charge is 2.13. The zero-order valence-corrected chi connectivity index (χ0v) is 14.4. The number of urea groups is 1. The SMILES string of the molecule is CCOC(=O)CNC(=O)c1csc(NC(=O)NCc2ccccc2)n1. The van der Waals surface area contributed by atoms with Gasteiger partial charge in [0.2, 0.25) is 0 Å².